The van der Waals surface area contributed by atoms with E-state index in [9.17, 15) is 4.79 Å². The summed E-state index contributed by atoms with van der Waals surface area (Å²) < 4.78 is 8.49. The van der Waals surface area contributed by atoms with Crippen LogP contribution in [0.25, 0.3) is 38.9 Å². The second-order valence-electron chi connectivity index (χ2n) is 7.11. The average Bonchev–Trinajstić information content (AvgIpc) is 3.09. The van der Waals surface area contributed by atoms with Crippen LogP contribution >= 0.6 is 23.2 Å². The highest BCUT2D eigenvalue weighted by Crippen LogP contribution is 2.31. The van der Waals surface area contributed by atoms with Crippen LogP contribution in [-0.4, -0.2) is 37.8 Å². The van der Waals surface area contributed by atoms with Crippen molar-refractivity contribution in [1.82, 2.24) is 24.1 Å². The Hall–Kier alpha value is -3.00. The Bertz CT molecular complexity index is 1510. The largest absolute Gasteiger partial charge is 0.385 e. The van der Waals surface area contributed by atoms with E-state index in [1.165, 1.54) is 0 Å². The number of para-hydroxylation sites is 2. The predicted octanol–water partition coefficient (Wildman–Crippen LogP) is 4.63. The van der Waals surface area contributed by atoms with Crippen LogP contribution in [-0.2, 0) is 11.3 Å². The monoisotopic (exact) mass is 453 g/mol. The molecule has 2 aromatic carbocycles. The minimum atomic E-state index is -0.172. The molecule has 5 rings (SSSR count). The molecule has 0 saturated heterocycles. The molecule has 0 unspecified atom stereocenters. The number of ether oxygens (including phenoxy) is 1. The molecule has 0 radical (unpaired) electrons. The van der Waals surface area contributed by atoms with Crippen molar-refractivity contribution in [2.75, 3.05) is 13.7 Å². The number of halogens is 2. The smallest absolute Gasteiger partial charge is 0.265 e. The minimum Gasteiger partial charge on any atom is -0.385 e. The predicted molar refractivity (Wildman–Crippen MR) is 122 cm³/mol. The zero-order chi connectivity index (χ0) is 21.5. The summed E-state index contributed by atoms with van der Waals surface area (Å²) in [4.78, 5) is 27.6. The maximum absolute atomic E-state index is 13.4. The fraction of sp³-hybridized carbons (Fsp3) is 0.182. The van der Waals surface area contributed by atoms with Gasteiger partial charge in [0, 0.05) is 20.3 Å². The van der Waals surface area contributed by atoms with Crippen molar-refractivity contribution < 1.29 is 4.74 Å². The number of rotatable bonds is 5. The Morgan fingerprint density at radius 1 is 1.00 bits per heavy atom. The first-order valence-corrected chi connectivity index (χ1v) is 10.4. The molecule has 0 aliphatic heterocycles. The third-order valence-electron chi connectivity index (χ3n) is 5.14. The van der Waals surface area contributed by atoms with E-state index in [4.69, 9.17) is 37.9 Å². The summed E-state index contributed by atoms with van der Waals surface area (Å²) in [5.74, 6) is 0. The quantitative estimate of drug-likeness (QED) is 0.362. The maximum atomic E-state index is 13.4. The highest BCUT2D eigenvalue weighted by Gasteiger charge is 2.21. The van der Waals surface area contributed by atoms with Crippen molar-refractivity contribution in [1.29, 1.82) is 0 Å². The van der Waals surface area contributed by atoms with Gasteiger partial charge < -0.3 is 4.74 Å². The van der Waals surface area contributed by atoms with E-state index < -0.39 is 0 Å². The van der Waals surface area contributed by atoms with E-state index in [1.807, 2.05) is 30.3 Å². The van der Waals surface area contributed by atoms with Crippen molar-refractivity contribution >= 4 is 56.4 Å². The Morgan fingerprint density at radius 2 is 1.77 bits per heavy atom. The topological polar surface area (TPSA) is 74.8 Å². The average molecular weight is 454 g/mol. The molecule has 0 spiro atoms. The zero-order valence-electron chi connectivity index (χ0n) is 16.5. The number of aromatic nitrogens is 5. The highest BCUT2D eigenvalue weighted by atomic mass is 35.5. The van der Waals surface area contributed by atoms with Crippen molar-refractivity contribution in [2.24, 2.45) is 0 Å². The number of methoxy groups -OCH3 is 1. The van der Waals surface area contributed by atoms with Crippen LogP contribution in [0.4, 0.5) is 0 Å². The van der Waals surface area contributed by atoms with Gasteiger partial charge in [0.25, 0.3) is 5.56 Å². The van der Waals surface area contributed by atoms with Crippen molar-refractivity contribution in [3.05, 3.63) is 69.2 Å². The molecule has 0 amide bonds. The van der Waals surface area contributed by atoms with Gasteiger partial charge in [0.1, 0.15) is 10.9 Å². The third kappa shape index (κ3) is 3.35. The molecule has 7 nitrogen and oxygen atoms in total. The molecule has 31 heavy (non-hydrogen) atoms. The molecular weight excluding hydrogens is 437 g/mol. The van der Waals surface area contributed by atoms with Gasteiger partial charge in [-0.15, -0.1) is 0 Å². The molecule has 9 heteroatoms. The summed E-state index contributed by atoms with van der Waals surface area (Å²) in [5, 5.41) is 1.26. The van der Waals surface area contributed by atoms with Crippen LogP contribution in [0.3, 0.4) is 0 Å². The lowest BCUT2D eigenvalue weighted by Crippen LogP contribution is -2.21. The summed E-state index contributed by atoms with van der Waals surface area (Å²) in [5.41, 5.74) is 3.45. The molecular formula is C22H17Cl2N5O2. The van der Waals surface area contributed by atoms with Crippen LogP contribution in [0.5, 0.6) is 0 Å². The van der Waals surface area contributed by atoms with E-state index in [0.29, 0.717) is 63.0 Å². The zero-order valence-corrected chi connectivity index (χ0v) is 18.1. The van der Waals surface area contributed by atoms with Gasteiger partial charge in [0.2, 0.25) is 0 Å². The van der Waals surface area contributed by atoms with Gasteiger partial charge in [-0.25, -0.2) is 15.0 Å². The fourth-order valence-electron chi connectivity index (χ4n) is 3.68. The molecule has 0 saturated carbocycles. The minimum absolute atomic E-state index is 0.172. The summed E-state index contributed by atoms with van der Waals surface area (Å²) in [6.07, 6.45) is 2.25. The van der Waals surface area contributed by atoms with Crippen LogP contribution in [0.1, 0.15) is 6.42 Å². The van der Waals surface area contributed by atoms with Gasteiger partial charge in [-0.05, 0) is 36.8 Å². The SMILES string of the molecule is COCCCn1cnc2c(c1=O)c1nc3ccccc3nc1n2-c1ccc(Cl)c(Cl)c1. The number of fused-ring (bicyclic) bond motifs is 4. The summed E-state index contributed by atoms with van der Waals surface area (Å²) in [6.45, 7) is 1.05. The van der Waals surface area contributed by atoms with Gasteiger partial charge in [-0.2, -0.15) is 0 Å². The molecule has 3 heterocycles. The molecule has 0 N–H and O–H groups in total. The van der Waals surface area contributed by atoms with Crippen molar-refractivity contribution in [3.63, 3.8) is 0 Å². The van der Waals surface area contributed by atoms with Crippen molar-refractivity contribution in [2.45, 2.75) is 13.0 Å². The lowest BCUT2D eigenvalue weighted by atomic mass is 10.3. The third-order valence-corrected chi connectivity index (χ3v) is 5.88. The first kappa shape index (κ1) is 19.9. The van der Waals surface area contributed by atoms with Crippen LogP contribution in [0.15, 0.2) is 53.6 Å². The fourth-order valence-corrected chi connectivity index (χ4v) is 3.97. The van der Waals surface area contributed by atoms with Gasteiger partial charge in [-0.1, -0.05) is 35.3 Å². The standard InChI is InChI=1S/C22H17Cl2N5O2/c1-31-10-4-9-28-12-25-20-18(22(28)30)19-21(27-17-6-3-2-5-16(17)26-19)29(20)13-7-8-14(23)15(24)11-13/h2-3,5-8,11-12H,4,9-10H2,1H3. The van der Waals surface area contributed by atoms with Crippen molar-refractivity contribution in [3.8, 4) is 5.69 Å². The Morgan fingerprint density at radius 3 is 2.52 bits per heavy atom. The Balaban J connectivity index is 1.87. The first-order valence-electron chi connectivity index (χ1n) is 9.69. The van der Waals surface area contributed by atoms with Gasteiger partial charge in [0.05, 0.1) is 33.1 Å². The molecule has 5 aromatic rings. The number of hydrogen-bond donors (Lipinski definition) is 0. The first-order chi connectivity index (χ1) is 15.1. The second kappa shape index (κ2) is 7.92. The van der Waals surface area contributed by atoms with Crippen LogP contribution in [0.2, 0.25) is 10.0 Å². The van der Waals surface area contributed by atoms with Gasteiger partial charge in [-0.3, -0.25) is 13.9 Å². The maximum Gasteiger partial charge on any atom is 0.265 e. The molecule has 0 bridgehead atoms. The number of hydrogen-bond acceptors (Lipinski definition) is 5. The second-order valence-corrected chi connectivity index (χ2v) is 7.92. The Labute approximate surface area is 186 Å². The lowest BCUT2D eigenvalue weighted by Gasteiger charge is -2.08. The van der Waals surface area contributed by atoms with Gasteiger partial charge >= 0.3 is 0 Å². The summed E-state index contributed by atoms with van der Waals surface area (Å²) in [7, 11) is 1.63. The van der Waals surface area contributed by atoms with Crippen LogP contribution < -0.4 is 5.56 Å². The molecule has 156 valence electrons. The van der Waals surface area contributed by atoms with E-state index in [1.54, 1.807) is 34.7 Å². The van der Waals surface area contributed by atoms with E-state index in [2.05, 4.69) is 4.98 Å². The highest BCUT2D eigenvalue weighted by molar-refractivity contribution is 6.42. The van der Waals surface area contributed by atoms with Gasteiger partial charge in [0.15, 0.2) is 11.3 Å². The number of nitrogens with zero attached hydrogens (tertiary/aromatic N) is 5. The Kier molecular flexibility index (Phi) is 5.09. The van der Waals surface area contributed by atoms with E-state index in [0.717, 1.165) is 5.52 Å². The molecule has 0 aliphatic rings. The molecule has 0 fully saturated rings. The normalized spacial score (nSPS) is 11.7. The van der Waals surface area contributed by atoms with E-state index >= 15 is 0 Å². The molecule has 0 aliphatic carbocycles. The van der Waals surface area contributed by atoms with E-state index in [-0.39, 0.29) is 5.56 Å². The number of benzene rings is 2. The molecule has 0 atom stereocenters. The van der Waals surface area contributed by atoms with Crippen LogP contribution in [0, 0.1) is 0 Å². The lowest BCUT2D eigenvalue weighted by molar-refractivity contribution is 0.190. The summed E-state index contributed by atoms with van der Waals surface area (Å²) in [6, 6.07) is 12.8. The summed E-state index contributed by atoms with van der Waals surface area (Å²) >= 11 is 12.4. The number of aryl methyl sites for hydroxylation is 1. The molecule has 3 aromatic heterocycles.